The molecule has 0 bridgehead atoms. The fourth-order valence-electron chi connectivity index (χ4n) is 3.85. The molecule has 28 heavy (non-hydrogen) atoms. The van der Waals surface area contributed by atoms with E-state index in [1.165, 1.54) is 11.3 Å². The third kappa shape index (κ3) is 3.88. The number of pyridine rings is 1. The van der Waals surface area contributed by atoms with Gasteiger partial charge in [-0.1, -0.05) is 12.1 Å². The van der Waals surface area contributed by atoms with Crippen LogP contribution in [0.2, 0.25) is 0 Å². The number of aryl methyl sites for hydroxylation is 2. The first-order chi connectivity index (χ1) is 13.5. The van der Waals surface area contributed by atoms with Gasteiger partial charge in [0.05, 0.1) is 17.5 Å². The molecule has 1 aromatic carbocycles. The summed E-state index contributed by atoms with van der Waals surface area (Å²) in [7, 11) is 0. The monoisotopic (exact) mass is 396 g/mol. The van der Waals surface area contributed by atoms with Gasteiger partial charge in [-0.15, -0.1) is 11.3 Å². The number of aromatic amines is 1. The molecular weight excluding hydrogens is 372 g/mol. The van der Waals surface area contributed by atoms with Crippen LogP contribution in [0.15, 0.2) is 40.5 Å². The normalized spacial score (nSPS) is 16.6. The number of ether oxygens (including phenoxy) is 1. The molecule has 0 spiro atoms. The van der Waals surface area contributed by atoms with E-state index in [0.717, 1.165) is 41.5 Å². The lowest BCUT2D eigenvalue weighted by Gasteiger charge is -2.25. The molecule has 1 saturated heterocycles. The highest BCUT2D eigenvalue weighted by molar-refractivity contribution is 7.12. The zero-order valence-corrected chi connectivity index (χ0v) is 17.0. The molecule has 2 aromatic heterocycles. The Morgan fingerprint density at radius 2 is 2.18 bits per heavy atom. The molecule has 3 heterocycles. The first-order valence-electron chi connectivity index (χ1n) is 9.59. The molecule has 1 aliphatic rings. The first-order valence-corrected chi connectivity index (χ1v) is 10.5. The number of benzene rings is 1. The molecule has 0 aliphatic carbocycles. The van der Waals surface area contributed by atoms with Gasteiger partial charge in [-0.3, -0.25) is 9.59 Å². The van der Waals surface area contributed by atoms with Crippen LogP contribution in [0.1, 0.15) is 39.2 Å². The van der Waals surface area contributed by atoms with Crippen LogP contribution in [0, 0.1) is 13.8 Å². The van der Waals surface area contributed by atoms with Gasteiger partial charge in [0.25, 0.3) is 11.5 Å². The van der Waals surface area contributed by atoms with E-state index in [-0.39, 0.29) is 24.1 Å². The van der Waals surface area contributed by atoms with Gasteiger partial charge in [0, 0.05) is 29.6 Å². The molecule has 1 atom stereocenters. The van der Waals surface area contributed by atoms with E-state index >= 15 is 0 Å². The second-order valence-corrected chi connectivity index (χ2v) is 8.41. The zero-order chi connectivity index (χ0) is 19.7. The molecule has 146 valence electrons. The van der Waals surface area contributed by atoms with E-state index in [0.29, 0.717) is 17.0 Å². The van der Waals surface area contributed by atoms with Gasteiger partial charge in [-0.2, -0.15) is 0 Å². The number of H-pyrrole nitrogens is 1. The molecular formula is C22H24N2O3S. The van der Waals surface area contributed by atoms with Crippen molar-refractivity contribution in [2.45, 2.75) is 39.3 Å². The molecule has 1 fully saturated rings. The molecule has 0 unspecified atom stereocenters. The van der Waals surface area contributed by atoms with Crippen LogP contribution in [-0.2, 0) is 11.3 Å². The molecule has 3 aromatic rings. The smallest absolute Gasteiger partial charge is 0.264 e. The Bertz CT molecular complexity index is 1050. The average molecular weight is 397 g/mol. The second kappa shape index (κ2) is 7.89. The highest BCUT2D eigenvalue weighted by Crippen LogP contribution is 2.21. The second-order valence-electron chi connectivity index (χ2n) is 7.46. The lowest BCUT2D eigenvalue weighted by Crippen LogP contribution is -2.38. The van der Waals surface area contributed by atoms with Crippen molar-refractivity contribution < 1.29 is 9.53 Å². The van der Waals surface area contributed by atoms with Gasteiger partial charge in [0.2, 0.25) is 0 Å². The SMILES string of the molecule is Cc1cc(C)c2cc(CN(C[C@H]3CCCO3)C(=O)c3cccs3)c(=O)[nH]c2c1. The predicted molar refractivity (Wildman–Crippen MR) is 112 cm³/mol. The lowest BCUT2D eigenvalue weighted by molar-refractivity contribution is 0.0510. The van der Waals surface area contributed by atoms with Gasteiger partial charge in [0.15, 0.2) is 0 Å². The van der Waals surface area contributed by atoms with Crippen molar-refractivity contribution in [1.29, 1.82) is 0 Å². The van der Waals surface area contributed by atoms with E-state index in [4.69, 9.17) is 4.74 Å². The fraction of sp³-hybridized carbons (Fsp3) is 0.364. The third-order valence-corrected chi connectivity index (χ3v) is 6.08. The van der Waals surface area contributed by atoms with Gasteiger partial charge < -0.3 is 14.6 Å². The third-order valence-electron chi connectivity index (χ3n) is 5.22. The predicted octanol–water partition coefficient (Wildman–Crippen LogP) is 4.03. The molecule has 6 heteroatoms. The van der Waals surface area contributed by atoms with Crippen LogP contribution in [-0.4, -0.2) is 35.0 Å². The van der Waals surface area contributed by atoms with Crippen LogP contribution in [0.4, 0.5) is 0 Å². The Hall–Kier alpha value is -2.44. The van der Waals surface area contributed by atoms with E-state index in [1.807, 2.05) is 43.5 Å². The molecule has 0 saturated carbocycles. The quantitative estimate of drug-likeness (QED) is 0.708. The Morgan fingerprint density at radius 1 is 1.32 bits per heavy atom. The number of rotatable bonds is 5. The molecule has 1 aliphatic heterocycles. The molecule has 5 nitrogen and oxygen atoms in total. The van der Waals surface area contributed by atoms with E-state index in [2.05, 4.69) is 11.1 Å². The van der Waals surface area contributed by atoms with E-state index in [1.54, 1.807) is 4.90 Å². The Balaban J connectivity index is 1.68. The first kappa shape index (κ1) is 18.9. The molecule has 0 radical (unpaired) electrons. The number of carbonyl (C=O) groups is 1. The summed E-state index contributed by atoms with van der Waals surface area (Å²) in [6.45, 7) is 5.57. The highest BCUT2D eigenvalue weighted by Gasteiger charge is 2.25. The number of thiophene rings is 1. The van der Waals surface area contributed by atoms with Crippen molar-refractivity contribution in [3.63, 3.8) is 0 Å². The number of nitrogens with zero attached hydrogens (tertiary/aromatic N) is 1. The number of amides is 1. The molecule has 1 N–H and O–H groups in total. The summed E-state index contributed by atoms with van der Waals surface area (Å²) in [5.41, 5.74) is 3.52. The average Bonchev–Trinajstić information content (AvgIpc) is 3.35. The maximum atomic E-state index is 13.1. The summed E-state index contributed by atoms with van der Waals surface area (Å²) in [4.78, 5) is 31.2. The van der Waals surface area contributed by atoms with Gasteiger partial charge >= 0.3 is 0 Å². The topological polar surface area (TPSA) is 62.4 Å². The minimum absolute atomic E-state index is 0.0350. The van der Waals surface area contributed by atoms with Crippen molar-refractivity contribution in [3.8, 4) is 0 Å². The summed E-state index contributed by atoms with van der Waals surface area (Å²) in [5.74, 6) is -0.0503. The summed E-state index contributed by atoms with van der Waals surface area (Å²) < 4.78 is 5.74. The van der Waals surface area contributed by atoms with Crippen molar-refractivity contribution >= 4 is 28.1 Å². The lowest BCUT2D eigenvalue weighted by atomic mass is 10.0. The maximum Gasteiger partial charge on any atom is 0.264 e. The summed E-state index contributed by atoms with van der Waals surface area (Å²) in [5, 5.41) is 2.91. The molecule has 1 amide bonds. The zero-order valence-electron chi connectivity index (χ0n) is 16.2. The van der Waals surface area contributed by atoms with Crippen LogP contribution in [0.3, 0.4) is 0 Å². The van der Waals surface area contributed by atoms with E-state index in [9.17, 15) is 9.59 Å². The minimum Gasteiger partial charge on any atom is -0.376 e. The van der Waals surface area contributed by atoms with E-state index < -0.39 is 0 Å². The van der Waals surface area contributed by atoms with Gasteiger partial charge in [-0.05, 0) is 61.4 Å². The number of nitrogens with one attached hydrogen (secondary N) is 1. The minimum atomic E-state index is -0.145. The van der Waals surface area contributed by atoms with Gasteiger partial charge in [0.1, 0.15) is 0 Å². The molecule has 4 rings (SSSR count). The van der Waals surface area contributed by atoms with Crippen LogP contribution in [0.5, 0.6) is 0 Å². The number of aromatic nitrogens is 1. The number of carbonyl (C=O) groups excluding carboxylic acids is 1. The fourth-order valence-corrected chi connectivity index (χ4v) is 4.54. The van der Waals surface area contributed by atoms with Crippen molar-refractivity contribution in [3.05, 3.63) is 67.6 Å². The summed E-state index contributed by atoms with van der Waals surface area (Å²) in [6.07, 6.45) is 1.99. The standard InChI is InChI=1S/C22H24N2O3S/c1-14-9-15(2)18-11-16(21(25)23-19(18)10-14)12-24(13-17-5-3-7-27-17)22(26)20-6-4-8-28-20/h4,6,8-11,17H,3,5,7,12-13H2,1-2H3,(H,23,25)/t17-/m1/s1. The van der Waals surface area contributed by atoms with Crippen LogP contribution in [0.25, 0.3) is 10.9 Å². The number of hydrogen-bond donors (Lipinski definition) is 1. The van der Waals surface area contributed by atoms with Crippen LogP contribution >= 0.6 is 11.3 Å². The Labute approximate surface area is 168 Å². The highest BCUT2D eigenvalue weighted by atomic mass is 32.1. The maximum absolute atomic E-state index is 13.1. The van der Waals surface area contributed by atoms with Crippen molar-refractivity contribution in [1.82, 2.24) is 9.88 Å². The van der Waals surface area contributed by atoms with Crippen molar-refractivity contribution in [2.75, 3.05) is 13.2 Å². The summed E-state index contributed by atoms with van der Waals surface area (Å²) >= 11 is 1.42. The van der Waals surface area contributed by atoms with Crippen LogP contribution < -0.4 is 5.56 Å². The van der Waals surface area contributed by atoms with Gasteiger partial charge in [-0.25, -0.2) is 0 Å². The number of fused-ring (bicyclic) bond motifs is 1. The Morgan fingerprint density at radius 3 is 2.89 bits per heavy atom. The van der Waals surface area contributed by atoms with Crippen molar-refractivity contribution in [2.24, 2.45) is 0 Å². The largest absolute Gasteiger partial charge is 0.376 e. The Kier molecular flexibility index (Phi) is 5.33. The number of hydrogen-bond acceptors (Lipinski definition) is 4. The summed E-state index contributed by atoms with van der Waals surface area (Å²) in [6, 6.07) is 9.71.